The van der Waals surface area contributed by atoms with Crippen LogP contribution < -0.4 is 0 Å². The molecule has 5 unspecified atom stereocenters. The highest BCUT2D eigenvalue weighted by Crippen LogP contribution is 2.51. The summed E-state index contributed by atoms with van der Waals surface area (Å²) in [6, 6.07) is 0. The van der Waals surface area contributed by atoms with E-state index in [0.717, 1.165) is 12.8 Å². The van der Waals surface area contributed by atoms with Gasteiger partial charge in [0.15, 0.2) is 0 Å². The van der Waals surface area contributed by atoms with E-state index < -0.39 is 36.1 Å². The monoisotopic (exact) mass is 358 g/mol. The van der Waals surface area contributed by atoms with Gasteiger partial charge in [0.2, 0.25) is 5.91 Å². The number of carbonyl (C=O) groups is 1. The van der Waals surface area contributed by atoms with Gasteiger partial charge in [0.25, 0.3) is 0 Å². The Balaban J connectivity index is 1.46. The molecule has 5 atom stereocenters. The number of nitrogens with zero attached hydrogens (tertiary/aromatic N) is 4. The van der Waals surface area contributed by atoms with E-state index in [1.54, 1.807) is 15.9 Å². The minimum atomic E-state index is -4.39. The maximum Gasteiger partial charge on any atom is 0.395 e. The second kappa shape index (κ2) is 6.26. The van der Waals surface area contributed by atoms with Crippen LogP contribution in [0.5, 0.6) is 0 Å². The number of alkyl halides is 3. The van der Waals surface area contributed by atoms with E-state index in [1.165, 1.54) is 6.33 Å². The Bertz CT molecular complexity index is 621. The van der Waals surface area contributed by atoms with Crippen molar-refractivity contribution >= 4 is 5.91 Å². The molecule has 0 aromatic carbocycles. The predicted molar refractivity (Wildman–Crippen MR) is 80.3 cm³/mol. The van der Waals surface area contributed by atoms with Gasteiger partial charge in [-0.1, -0.05) is 0 Å². The molecule has 0 radical (unpaired) electrons. The standard InChI is InChI=1S/C16H21F3N4O2/c17-16(18,19)14-12-4-3-11(25-12)13(14)15(24)22-5-1-2-10(6-22)7-23-9-20-8-21-23/h8-14H,1-7H2. The Morgan fingerprint density at radius 2 is 2.04 bits per heavy atom. The lowest BCUT2D eigenvalue weighted by atomic mass is 9.77. The molecule has 0 aliphatic carbocycles. The summed E-state index contributed by atoms with van der Waals surface area (Å²) in [5.74, 6) is -2.95. The van der Waals surface area contributed by atoms with Gasteiger partial charge in [0.05, 0.1) is 24.0 Å². The van der Waals surface area contributed by atoms with Crippen LogP contribution in [0.3, 0.4) is 0 Å². The van der Waals surface area contributed by atoms with Crippen LogP contribution in [0.1, 0.15) is 25.7 Å². The van der Waals surface area contributed by atoms with E-state index in [2.05, 4.69) is 10.1 Å². The van der Waals surface area contributed by atoms with Crippen molar-refractivity contribution in [1.82, 2.24) is 19.7 Å². The first-order valence-corrected chi connectivity index (χ1v) is 8.77. The number of likely N-dealkylation sites (tertiary alicyclic amines) is 1. The molecule has 3 fully saturated rings. The number of rotatable bonds is 3. The number of amides is 1. The lowest BCUT2D eigenvalue weighted by Crippen LogP contribution is -2.50. The molecule has 0 spiro atoms. The third-order valence-electron chi connectivity index (χ3n) is 5.68. The van der Waals surface area contributed by atoms with Crippen molar-refractivity contribution in [2.45, 2.75) is 50.6 Å². The van der Waals surface area contributed by atoms with Gasteiger partial charge in [-0.05, 0) is 31.6 Å². The quantitative estimate of drug-likeness (QED) is 0.828. The van der Waals surface area contributed by atoms with Crippen molar-refractivity contribution in [3.63, 3.8) is 0 Å². The Labute approximate surface area is 143 Å². The van der Waals surface area contributed by atoms with Crippen LogP contribution in [0.2, 0.25) is 0 Å². The summed E-state index contributed by atoms with van der Waals surface area (Å²) in [6.45, 7) is 1.61. The lowest BCUT2D eigenvalue weighted by molar-refractivity contribution is -0.199. The van der Waals surface area contributed by atoms with Gasteiger partial charge in [0.1, 0.15) is 12.7 Å². The average molecular weight is 358 g/mol. The van der Waals surface area contributed by atoms with Gasteiger partial charge in [-0.15, -0.1) is 0 Å². The van der Waals surface area contributed by atoms with Crippen LogP contribution in [0, 0.1) is 17.8 Å². The number of carbonyl (C=O) groups excluding carboxylic acids is 1. The normalized spacial score (nSPS) is 35.3. The van der Waals surface area contributed by atoms with E-state index in [-0.39, 0.29) is 5.92 Å². The van der Waals surface area contributed by atoms with E-state index >= 15 is 0 Å². The van der Waals surface area contributed by atoms with Crippen molar-refractivity contribution < 1.29 is 22.7 Å². The van der Waals surface area contributed by atoms with Crippen molar-refractivity contribution in [2.24, 2.45) is 17.8 Å². The van der Waals surface area contributed by atoms with E-state index in [1.807, 2.05) is 0 Å². The number of halogens is 3. The molecule has 4 heterocycles. The molecule has 4 rings (SSSR count). The van der Waals surface area contributed by atoms with Crippen LogP contribution >= 0.6 is 0 Å². The zero-order valence-electron chi connectivity index (χ0n) is 13.7. The van der Waals surface area contributed by atoms with Crippen LogP contribution in [-0.2, 0) is 16.1 Å². The van der Waals surface area contributed by atoms with Gasteiger partial charge in [-0.25, -0.2) is 4.98 Å². The fourth-order valence-corrected chi connectivity index (χ4v) is 4.62. The molecule has 6 nitrogen and oxygen atoms in total. The molecular weight excluding hydrogens is 337 g/mol. The summed E-state index contributed by atoms with van der Waals surface area (Å²) in [4.78, 5) is 18.4. The molecule has 1 amide bonds. The van der Waals surface area contributed by atoms with Crippen LogP contribution in [-0.4, -0.2) is 57.0 Å². The van der Waals surface area contributed by atoms with Gasteiger partial charge < -0.3 is 9.64 Å². The molecule has 2 bridgehead atoms. The van der Waals surface area contributed by atoms with Gasteiger partial charge in [0, 0.05) is 19.6 Å². The molecular formula is C16H21F3N4O2. The zero-order valence-corrected chi connectivity index (χ0v) is 13.7. The van der Waals surface area contributed by atoms with E-state index in [9.17, 15) is 18.0 Å². The predicted octanol–water partition coefficient (Wildman–Crippen LogP) is 1.87. The first kappa shape index (κ1) is 16.8. The van der Waals surface area contributed by atoms with Crippen molar-refractivity contribution in [1.29, 1.82) is 0 Å². The Kier molecular flexibility index (Phi) is 4.21. The minimum absolute atomic E-state index is 0.184. The molecule has 3 saturated heterocycles. The smallest absolute Gasteiger partial charge is 0.373 e. The molecule has 3 aliphatic rings. The third-order valence-corrected chi connectivity index (χ3v) is 5.68. The van der Waals surface area contributed by atoms with Crippen molar-refractivity contribution in [2.75, 3.05) is 13.1 Å². The van der Waals surface area contributed by atoms with Crippen molar-refractivity contribution in [3.05, 3.63) is 12.7 Å². The Morgan fingerprint density at radius 3 is 2.76 bits per heavy atom. The second-order valence-corrected chi connectivity index (χ2v) is 7.29. The number of ether oxygens (including phenoxy) is 1. The third kappa shape index (κ3) is 3.14. The maximum absolute atomic E-state index is 13.5. The first-order chi connectivity index (χ1) is 11.9. The van der Waals surface area contributed by atoms with Crippen LogP contribution in [0.15, 0.2) is 12.7 Å². The highest BCUT2D eigenvalue weighted by atomic mass is 19.4. The molecule has 9 heteroatoms. The average Bonchev–Trinajstić information content (AvgIpc) is 3.30. The fraction of sp³-hybridized carbons (Fsp3) is 0.812. The van der Waals surface area contributed by atoms with Crippen LogP contribution in [0.25, 0.3) is 0 Å². The summed E-state index contributed by atoms with van der Waals surface area (Å²) in [5, 5.41) is 4.07. The second-order valence-electron chi connectivity index (χ2n) is 7.29. The summed E-state index contributed by atoms with van der Waals surface area (Å²) in [7, 11) is 0. The molecule has 1 aromatic heterocycles. The highest BCUT2D eigenvalue weighted by Gasteiger charge is 2.63. The first-order valence-electron chi connectivity index (χ1n) is 8.77. The molecule has 1 aromatic rings. The zero-order chi connectivity index (χ0) is 17.6. The maximum atomic E-state index is 13.5. The fourth-order valence-electron chi connectivity index (χ4n) is 4.62. The lowest BCUT2D eigenvalue weighted by Gasteiger charge is -2.37. The number of piperidine rings is 1. The van der Waals surface area contributed by atoms with Gasteiger partial charge in [-0.2, -0.15) is 18.3 Å². The molecule has 0 N–H and O–H groups in total. The molecule has 3 aliphatic heterocycles. The summed E-state index contributed by atoms with van der Waals surface area (Å²) < 4.78 is 47.5. The molecule has 138 valence electrons. The highest BCUT2D eigenvalue weighted by molar-refractivity contribution is 5.80. The van der Waals surface area contributed by atoms with Gasteiger partial charge >= 0.3 is 6.18 Å². The number of hydrogen-bond donors (Lipinski definition) is 0. The van der Waals surface area contributed by atoms with Crippen LogP contribution in [0.4, 0.5) is 13.2 Å². The number of fused-ring (bicyclic) bond motifs is 2. The van der Waals surface area contributed by atoms with Crippen molar-refractivity contribution in [3.8, 4) is 0 Å². The van der Waals surface area contributed by atoms with Gasteiger partial charge in [-0.3, -0.25) is 9.48 Å². The Hall–Kier alpha value is -1.64. The Morgan fingerprint density at radius 1 is 1.24 bits per heavy atom. The largest absolute Gasteiger partial charge is 0.395 e. The summed E-state index contributed by atoms with van der Waals surface area (Å²) in [5.41, 5.74) is 0. The van der Waals surface area contributed by atoms with E-state index in [0.29, 0.717) is 32.5 Å². The SMILES string of the molecule is O=C(C1C2CCC(O2)C1C(F)(F)F)N1CCCC(Cn2cncn2)C1. The summed E-state index contributed by atoms with van der Waals surface area (Å²) >= 11 is 0. The molecule has 0 saturated carbocycles. The number of hydrogen-bond acceptors (Lipinski definition) is 4. The number of aromatic nitrogens is 3. The summed E-state index contributed by atoms with van der Waals surface area (Å²) in [6.07, 6.45) is -0.0953. The van der Waals surface area contributed by atoms with E-state index in [4.69, 9.17) is 4.74 Å². The molecule has 25 heavy (non-hydrogen) atoms. The topological polar surface area (TPSA) is 60.2 Å². The minimum Gasteiger partial charge on any atom is -0.373 e.